The van der Waals surface area contributed by atoms with Gasteiger partial charge in [0.25, 0.3) is 0 Å². The van der Waals surface area contributed by atoms with E-state index in [9.17, 15) is 4.39 Å². The van der Waals surface area contributed by atoms with E-state index in [1.54, 1.807) is 18.4 Å². The number of aryl methyl sites for hydroxylation is 1. The van der Waals surface area contributed by atoms with Crippen LogP contribution in [0.1, 0.15) is 22.9 Å². The summed E-state index contributed by atoms with van der Waals surface area (Å²) >= 11 is 0. The van der Waals surface area contributed by atoms with Crippen molar-refractivity contribution in [1.29, 1.82) is 0 Å². The molecule has 4 heteroatoms. The summed E-state index contributed by atoms with van der Waals surface area (Å²) in [4.78, 5) is 0. The summed E-state index contributed by atoms with van der Waals surface area (Å²) in [6.07, 6.45) is 1.57. The van der Waals surface area contributed by atoms with E-state index < -0.39 is 11.9 Å². The van der Waals surface area contributed by atoms with E-state index in [0.29, 0.717) is 11.3 Å². The predicted octanol–water partition coefficient (Wildman–Crippen LogP) is 2.78. The average Bonchev–Trinajstić information content (AvgIpc) is 2.74. The first kappa shape index (κ1) is 11.7. The summed E-state index contributed by atoms with van der Waals surface area (Å²) in [6, 6.07) is 6.02. The third-order valence-electron chi connectivity index (χ3n) is 2.72. The zero-order chi connectivity index (χ0) is 12.4. The van der Waals surface area contributed by atoms with Gasteiger partial charge in [-0.1, -0.05) is 6.07 Å². The first-order valence-electron chi connectivity index (χ1n) is 5.26. The summed E-state index contributed by atoms with van der Waals surface area (Å²) < 4.78 is 23.7. The lowest BCUT2D eigenvalue weighted by Gasteiger charge is -2.11. The standard InChI is InChI=1S/C13H14FNO2/c1-8-5-6-17-13(8)12(15)9-3-4-11(16-2)10(14)7-9/h3-7,12H,15H2,1-2H3. The Kier molecular flexibility index (Phi) is 3.15. The lowest BCUT2D eigenvalue weighted by Crippen LogP contribution is -2.12. The van der Waals surface area contributed by atoms with Crippen molar-refractivity contribution in [2.45, 2.75) is 13.0 Å². The van der Waals surface area contributed by atoms with Gasteiger partial charge >= 0.3 is 0 Å². The molecule has 2 aromatic rings. The highest BCUT2D eigenvalue weighted by molar-refractivity contribution is 5.35. The van der Waals surface area contributed by atoms with Crippen molar-refractivity contribution >= 4 is 0 Å². The molecule has 2 N–H and O–H groups in total. The van der Waals surface area contributed by atoms with Crippen molar-refractivity contribution in [3.63, 3.8) is 0 Å². The van der Waals surface area contributed by atoms with Gasteiger partial charge in [-0.3, -0.25) is 0 Å². The topological polar surface area (TPSA) is 48.4 Å². The van der Waals surface area contributed by atoms with Gasteiger partial charge in [0.2, 0.25) is 0 Å². The van der Waals surface area contributed by atoms with Gasteiger partial charge in [-0.05, 0) is 36.2 Å². The number of rotatable bonds is 3. The van der Waals surface area contributed by atoms with E-state index >= 15 is 0 Å². The zero-order valence-electron chi connectivity index (χ0n) is 9.74. The first-order chi connectivity index (χ1) is 8.13. The van der Waals surface area contributed by atoms with Gasteiger partial charge in [-0.15, -0.1) is 0 Å². The molecule has 0 saturated heterocycles. The molecule has 3 nitrogen and oxygen atoms in total. The van der Waals surface area contributed by atoms with Crippen LogP contribution in [0.4, 0.5) is 4.39 Å². The Morgan fingerprint density at radius 2 is 2.12 bits per heavy atom. The Balaban J connectivity index is 2.35. The van der Waals surface area contributed by atoms with Gasteiger partial charge in [-0.25, -0.2) is 4.39 Å². The molecule has 0 radical (unpaired) electrons. The second-order valence-corrected chi connectivity index (χ2v) is 3.84. The second kappa shape index (κ2) is 4.59. The number of halogens is 1. The van der Waals surface area contributed by atoms with E-state index in [1.165, 1.54) is 13.2 Å². The first-order valence-corrected chi connectivity index (χ1v) is 5.26. The minimum Gasteiger partial charge on any atom is -0.494 e. The van der Waals surface area contributed by atoms with Crippen LogP contribution in [0.3, 0.4) is 0 Å². The molecule has 0 bridgehead atoms. The SMILES string of the molecule is COc1ccc(C(N)c2occc2C)cc1F. The van der Waals surface area contributed by atoms with Crippen LogP contribution >= 0.6 is 0 Å². The second-order valence-electron chi connectivity index (χ2n) is 3.84. The highest BCUT2D eigenvalue weighted by Crippen LogP contribution is 2.26. The highest BCUT2D eigenvalue weighted by Gasteiger charge is 2.16. The van der Waals surface area contributed by atoms with Crippen molar-refractivity contribution in [3.05, 3.63) is 53.2 Å². The lowest BCUT2D eigenvalue weighted by molar-refractivity contribution is 0.385. The Morgan fingerprint density at radius 1 is 1.35 bits per heavy atom. The summed E-state index contributed by atoms with van der Waals surface area (Å²) in [7, 11) is 1.43. The summed E-state index contributed by atoms with van der Waals surface area (Å²) in [5.74, 6) is 0.427. The quantitative estimate of drug-likeness (QED) is 0.889. The molecule has 0 saturated carbocycles. The fourth-order valence-corrected chi connectivity index (χ4v) is 1.73. The molecule has 0 amide bonds. The summed E-state index contributed by atoms with van der Waals surface area (Å²) in [5, 5.41) is 0. The molecule has 0 spiro atoms. The smallest absolute Gasteiger partial charge is 0.165 e. The van der Waals surface area contributed by atoms with Gasteiger partial charge in [0.15, 0.2) is 11.6 Å². The Hall–Kier alpha value is -1.81. The molecular weight excluding hydrogens is 221 g/mol. The normalized spacial score (nSPS) is 12.5. The molecule has 17 heavy (non-hydrogen) atoms. The van der Waals surface area contributed by atoms with E-state index in [0.717, 1.165) is 5.56 Å². The van der Waals surface area contributed by atoms with Crippen LogP contribution in [0, 0.1) is 12.7 Å². The molecule has 0 aliphatic carbocycles. The van der Waals surface area contributed by atoms with Gasteiger partial charge < -0.3 is 14.9 Å². The van der Waals surface area contributed by atoms with Crippen LogP contribution in [-0.2, 0) is 0 Å². The van der Waals surface area contributed by atoms with Gasteiger partial charge in [0.1, 0.15) is 5.76 Å². The van der Waals surface area contributed by atoms with Gasteiger partial charge in [-0.2, -0.15) is 0 Å². The largest absolute Gasteiger partial charge is 0.494 e. The lowest BCUT2D eigenvalue weighted by atomic mass is 10.0. The van der Waals surface area contributed by atoms with Crippen molar-refractivity contribution in [2.75, 3.05) is 7.11 Å². The fraction of sp³-hybridized carbons (Fsp3) is 0.231. The third kappa shape index (κ3) is 2.17. The molecule has 90 valence electrons. The molecule has 1 atom stereocenters. The fourth-order valence-electron chi connectivity index (χ4n) is 1.73. The number of methoxy groups -OCH3 is 1. The van der Waals surface area contributed by atoms with Crippen molar-refractivity contribution in [2.24, 2.45) is 5.73 Å². The van der Waals surface area contributed by atoms with Crippen molar-refractivity contribution in [3.8, 4) is 5.75 Å². The molecular formula is C13H14FNO2. The van der Waals surface area contributed by atoms with E-state index in [4.69, 9.17) is 14.9 Å². The van der Waals surface area contributed by atoms with Gasteiger partial charge in [0, 0.05) is 0 Å². The summed E-state index contributed by atoms with van der Waals surface area (Å²) in [5.41, 5.74) is 7.63. The molecule has 2 rings (SSSR count). The monoisotopic (exact) mass is 235 g/mol. The number of ether oxygens (including phenoxy) is 1. The van der Waals surface area contributed by atoms with E-state index in [2.05, 4.69) is 0 Å². The number of hydrogen-bond donors (Lipinski definition) is 1. The van der Waals surface area contributed by atoms with Crippen LogP contribution in [-0.4, -0.2) is 7.11 Å². The minimum atomic E-state index is -0.467. The minimum absolute atomic E-state index is 0.206. The van der Waals surface area contributed by atoms with Crippen molar-refractivity contribution < 1.29 is 13.5 Å². The van der Waals surface area contributed by atoms with Crippen LogP contribution in [0.2, 0.25) is 0 Å². The molecule has 1 heterocycles. The zero-order valence-corrected chi connectivity index (χ0v) is 9.74. The highest BCUT2D eigenvalue weighted by atomic mass is 19.1. The maximum absolute atomic E-state index is 13.5. The Labute approximate surface area is 99.0 Å². The van der Waals surface area contributed by atoms with Crippen LogP contribution < -0.4 is 10.5 Å². The van der Waals surface area contributed by atoms with Gasteiger partial charge in [0.05, 0.1) is 19.4 Å². The molecule has 0 aliphatic heterocycles. The number of nitrogens with two attached hydrogens (primary N) is 1. The van der Waals surface area contributed by atoms with Crippen molar-refractivity contribution in [1.82, 2.24) is 0 Å². The Bertz CT molecular complexity index is 522. The van der Waals surface area contributed by atoms with Crippen LogP contribution in [0.25, 0.3) is 0 Å². The molecule has 1 unspecified atom stereocenters. The van der Waals surface area contributed by atoms with E-state index in [1.807, 2.05) is 13.0 Å². The average molecular weight is 235 g/mol. The summed E-state index contributed by atoms with van der Waals surface area (Å²) in [6.45, 7) is 1.90. The molecule has 0 fully saturated rings. The van der Waals surface area contributed by atoms with E-state index in [-0.39, 0.29) is 5.75 Å². The number of benzene rings is 1. The third-order valence-corrected chi connectivity index (χ3v) is 2.72. The molecule has 0 aliphatic rings. The van der Waals surface area contributed by atoms with Crippen LogP contribution in [0.15, 0.2) is 34.9 Å². The molecule has 1 aromatic heterocycles. The number of furan rings is 1. The maximum atomic E-state index is 13.5. The Morgan fingerprint density at radius 3 is 2.65 bits per heavy atom. The number of hydrogen-bond acceptors (Lipinski definition) is 3. The molecule has 1 aromatic carbocycles. The van der Waals surface area contributed by atoms with Crippen LogP contribution in [0.5, 0.6) is 5.75 Å². The maximum Gasteiger partial charge on any atom is 0.165 e. The predicted molar refractivity (Wildman–Crippen MR) is 62.4 cm³/mol.